The van der Waals surface area contributed by atoms with Gasteiger partial charge in [-0.2, -0.15) is 4.98 Å². The van der Waals surface area contributed by atoms with Gasteiger partial charge in [0.15, 0.2) is 11.8 Å². The Labute approximate surface area is 257 Å². The molecule has 3 unspecified atom stereocenters. The summed E-state index contributed by atoms with van der Waals surface area (Å²) < 4.78 is 5.60. The monoisotopic (exact) mass is 607 g/mol. The average Bonchev–Trinajstić information content (AvgIpc) is 3.44. The van der Waals surface area contributed by atoms with Crippen LogP contribution in [0.3, 0.4) is 0 Å². The number of benzene rings is 2. The number of guanidine groups is 1. The van der Waals surface area contributed by atoms with E-state index < -0.39 is 29.9 Å². The van der Waals surface area contributed by atoms with Gasteiger partial charge in [-0.05, 0) is 86.9 Å². The number of hydrogen-bond acceptors (Lipinski definition) is 9. The first-order valence-corrected chi connectivity index (χ1v) is 14.9. The molecule has 0 aliphatic carbocycles. The van der Waals surface area contributed by atoms with Crippen LogP contribution in [-0.4, -0.2) is 58.2 Å². The third kappa shape index (κ3) is 10.7. The second kappa shape index (κ2) is 17.0. The molecule has 3 atom stereocenters. The molecule has 0 aliphatic heterocycles. The normalized spacial score (nSPS) is 13.1. The highest BCUT2D eigenvalue weighted by molar-refractivity contribution is 5.90. The zero-order chi connectivity index (χ0) is 32.1. The van der Waals surface area contributed by atoms with Gasteiger partial charge in [-0.1, -0.05) is 35.5 Å². The quantitative estimate of drug-likeness (QED) is 0.0627. The van der Waals surface area contributed by atoms with Crippen molar-refractivity contribution in [3.05, 3.63) is 76.4 Å². The van der Waals surface area contributed by atoms with Crippen molar-refractivity contribution in [2.24, 2.45) is 17.2 Å². The molecule has 1 heterocycles. The summed E-state index contributed by atoms with van der Waals surface area (Å²) in [6.45, 7) is 4.58. The van der Waals surface area contributed by atoms with Crippen LogP contribution < -0.4 is 33.2 Å². The largest absolute Gasteiger partial charge is 0.508 e. The molecule has 13 heteroatoms. The van der Waals surface area contributed by atoms with E-state index in [-0.39, 0.29) is 24.0 Å². The first-order valence-electron chi connectivity index (χ1n) is 14.9. The molecule has 0 fully saturated rings. The topological polar surface area (TPSA) is 231 Å². The van der Waals surface area contributed by atoms with Crippen molar-refractivity contribution in [1.29, 1.82) is 5.41 Å². The van der Waals surface area contributed by atoms with Crippen LogP contribution in [0.1, 0.15) is 72.1 Å². The minimum Gasteiger partial charge on any atom is -0.508 e. The molecule has 13 nitrogen and oxygen atoms in total. The summed E-state index contributed by atoms with van der Waals surface area (Å²) in [4.78, 5) is 31.6. The fourth-order valence-electron chi connectivity index (χ4n) is 4.94. The summed E-state index contributed by atoms with van der Waals surface area (Å²) in [5.74, 6) is -0.180. The van der Waals surface area contributed by atoms with Gasteiger partial charge in [0.1, 0.15) is 17.8 Å². The number of carbonyl (C=O) groups is 2. The van der Waals surface area contributed by atoms with Crippen LogP contribution in [0.5, 0.6) is 5.75 Å². The van der Waals surface area contributed by atoms with Gasteiger partial charge in [0, 0.05) is 19.4 Å². The minimum absolute atomic E-state index is 0.123. The van der Waals surface area contributed by atoms with Crippen molar-refractivity contribution in [3.8, 4) is 5.75 Å². The molecule has 0 aliphatic rings. The Hall–Kier alpha value is -4.49. The third-order valence-electron chi connectivity index (χ3n) is 7.32. The first-order chi connectivity index (χ1) is 21.1. The highest BCUT2D eigenvalue weighted by Crippen LogP contribution is 2.23. The lowest BCUT2D eigenvalue weighted by Gasteiger charge is -2.24. The number of phenols is 1. The molecule has 0 saturated carbocycles. The molecular formula is C31H45N9O4. The molecule has 0 bridgehead atoms. The van der Waals surface area contributed by atoms with Crippen LogP contribution in [0.15, 0.2) is 47.0 Å². The van der Waals surface area contributed by atoms with Crippen molar-refractivity contribution >= 4 is 17.8 Å². The summed E-state index contributed by atoms with van der Waals surface area (Å²) in [7, 11) is 0. The molecule has 0 spiro atoms. The third-order valence-corrected chi connectivity index (χ3v) is 7.32. The predicted molar refractivity (Wildman–Crippen MR) is 168 cm³/mol. The number of phenolic OH excluding ortho intramolecular Hbond substituents is 1. The number of aromatic nitrogens is 2. The summed E-state index contributed by atoms with van der Waals surface area (Å²) >= 11 is 0. The van der Waals surface area contributed by atoms with Gasteiger partial charge >= 0.3 is 0 Å². The Morgan fingerprint density at radius 1 is 1.02 bits per heavy atom. The first kappa shape index (κ1) is 34.0. The van der Waals surface area contributed by atoms with E-state index in [4.69, 9.17) is 27.1 Å². The van der Waals surface area contributed by atoms with E-state index in [9.17, 15) is 14.7 Å². The fourth-order valence-corrected chi connectivity index (χ4v) is 4.94. The minimum atomic E-state index is -0.977. The molecule has 0 saturated heterocycles. The number of aromatic hydroxyl groups is 1. The van der Waals surface area contributed by atoms with Crippen molar-refractivity contribution in [2.75, 3.05) is 13.1 Å². The zero-order valence-corrected chi connectivity index (χ0v) is 25.4. The number of hydrogen-bond donors (Lipinski definition) is 8. The van der Waals surface area contributed by atoms with E-state index in [1.807, 2.05) is 44.2 Å². The fraction of sp³-hybridized carbons (Fsp3) is 0.452. The van der Waals surface area contributed by atoms with Crippen LogP contribution in [-0.2, 0) is 22.4 Å². The van der Waals surface area contributed by atoms with Gasteiger partial charge in [0.2, 0.25) is 17.7 Å². The molecule has 3 aromatic rings. The smallest absolute Gasteiger partial charge is 0.249 e. The lowest BCUT2D eigenvalue weighted by Crippen LogP contribution is -2.53. The van der Waals surface area contributed by atoms with Crippen LogP contribution in [0.4, 0.5) is 0 Å². The van der Waals surface area contributed by atoms with E-state index in [0.717, 1.165) is 28.7 Å². The second-order valence-electron chi connectivity index (χ2n) is 11.0. The van der Waals surface area contributed by atoms with Crippen molar-refractivity contribution in [1.82, 2.24) is 26.1 Å². The summed E-state index contributed by atoms with van der Waals surface area (Å²) in [6.07, 6.45) is 3.45. The van der Waals surface area contributed by atoms with E-state index >= 15 is 0 Å². The lowest BCUT2D eigenvalue weighted by molar-refractivity contribution is -0.130. The van der Waals surface area contributed by atoms with E-state index in [0.29, 0.717) is 51.0 Å². The maximum absolute atomic E-state index is 13.9. The number of aryl methyl sites for hydroxylation is 2. The SMILES string of the molecule is Cc1cc(O)cc(C)c1CC(NC(=O)C(N)CCCNC(=N)N)C(=O)NC(CCCCN)c1nc(Cc2ccccc2)no1. The van der Waals surface area contributed by atoms with Gasteiger partial charge in [-0.15, -0.1) is 0 Å². The lowest BCUT2D eigenvalue weighted by atomic mass is 9.95. The van der Waals surface area contributed by atoms with Gasteiger partial charge in [-0.25, -0.2) is 0 Å². The Morgan fingerprint density at radius 3 is 2.39 bits per heavy atom. The molecule has 1 aromatic heterocycles. The predicted octanol–water partition coefficient (Wildman–Crippen LogP) is 1.59. The second-order valence-corrected chi connectivity index (χ2v) is 11.0. The van der Waals surface area contributed by atoms with E-state index in [1.54, 1.807) is 12.1 Å². The molecule has 11 N–H and O–H groups in total. The molecule has 2 aromatic carbocycles. The van der Waals surface area contributed by atoms with Gasteiger partial charge in [-0.3, -0.25) is 15.0 Å². The van der Waals surface area contributed by atoms with Gasteiger partial charge < -0.3 is 42.8 Å². The molecular weight excluding hydrogens is 562 g/mol. The Kier molecular flexibility index (Phi) is 13.1. The van der Waals surface area contributed by atoms with Gasteiger partial charge in [0.05, 0.1) is 6.04 Å². The van der Waals surface area contributed by atoms with Crippen LogP contribution in [0.2, 0.25) is 0 Å². The van der Waals surface area contributed by atoms with Gasteiger partial charge in [0.25, 0.3) is 0 Å². The maximum Gasteiger partial charge on any atom is 0.249 e. The highest BCUT2D eigenvalue weighted by Gasteiger charge is 2.29. The van der Waals surface area contributed by atoms with E-state index in [1.165, 1.54) is 0 Å². The molecule has 0 radical (unpaired) electrons. The van der Waals surface area contributed by atoms with E-state index in [2.05, 4.69) is 26.1 Å². The number of rotatable bonds is 17. The summed E-state index contributed by atoms with van der Waals surface area (Å²) in [5, 5.41) is 30.0. The van der Waals surface area contributed by atoms with Crippen LogP contribution in [0.25, 0.3) is 0 Å². The molecule has 238 valence electrons. The van der Waals surface area contributed by atoms with Crippen LogP contribution in [0, 0.1) is 19.3 Å². The summed E-state index contributed by atoms with van der Waals surface area (Å²) in [5.41, 5.74) is 20.6. The van der Waals surface area contributed by atoms with Crippen LogP contribution >= 0.6 is 0 Å². The Balaban J connectivity index is 1.81. The Morgan fingerprint density at radius 2 is 1.73 bits per heavy atom. The number of unbranched alkanes of at least 4 members (excludes halogenated alkanes) is 1. The summed E-state index contributed by atoms with van der Waals surface area (Å²) in [6, 6.07) is 10.5. The average molecular weight is 608 g/mol. The number of nitrogens with two attached hydrogens (primary N) is 3. The van der Waals surface area contributed by atoms with Crippen molar-refractivity contribution < 1.29 is 19.2 Å². The number of nitrogens with one attached hydrogen (secondary N) is 4. The van der Waals surface area contributed by atoms with Crippen molar-refractivity contribution in [2.45, 2.75) is 76.9 Å². The standard InChI is InChI=1S/C31H45N9O4/c1-19-15-22(41)16-20(2)23(19)18-26(38-28(42)24(33)11-8-14-36-31(34)35)29(43)37-25(12-6-7-13-32)30-39-27(40-44-30)17-21-9-4-3-5-10-21/h3-5,9-10,15-16,24-26,41H,6-8,11-14,17-18,32-33H2,1-2H3,(H,37,43)(H,38,42)(H4,34,35,36). The zero-order valence-electron chi connectivity index (χ0n) is 25.4. The van der Waals surface area contributed by atoms with Crippen molar-refractivity contribution in [3.63, 3.8) is 0 Å². The number of carbonyl (C=O) groups excluding carboxylic acids is 2. The highest BCUT2D eigenvalue weighted by atomic mass is 16.5. The maximum atomic E-state index is 13.9. The molecule has 3 rings (SSSR count). The Bertz CT molecular complexity index is 1360. The number of amides is 2. The number of nitrogens with zero attached hydrogens (tertiary/aromatic N) is 2. The molecule has 44 heavy (non-hydrogen) atoms. The molecule has 2 amide bonds.